The molecule has 1 aromatic heterocycles. The van der Waals surface area contributed by atoms with Crippen LogP contribution < -0.4 is 11.0 Å². The summed E-state index contributed by atoms with van der Waals surface area (Å²) in [6.07, 6.45) is 2.65. The van der Waals surface area contributed by atoms with Gasteiger partial charge in [-0.2, -0.15) is 4.98 Å². The predicted octanol–water partition coefficient (Wildman–Crippen LogP) is 1.44. The minimum atomic E-state index is -0.345. The molecule has 7 heteroatoms. The molecule has 0 saturated carbocycles. The monoisotopic (exact) mass is 373 g/mol. The Kier molecular flexibility index (Phi) is 6.11. The topological polar surface area (TPSA) is 84.2 Å². The molecule has 1 aliphatic rings. The first kappa shape index (κ1) is 18.7. The molecule has 0 aliphatic heterocycles. The van der Waals surface area contributed by atoms with Crippen LogP contribution in [0.5, 0.6) is 0 Å². The third-order valence-electron chi connectivity index (χ3n) is 4.47. The molecular weight excluding hydrogens is 350 g/mol. The number of carbonyl (C=O) groups is 1. The molecule has 2 N–H and O–H groups in total. The summed E-state index contributed by atoms with van der Waals surface area (Å²) >= 11 is 1.31. The summed E-state index contributed by atoms with van der Waals surface area (Å²) in [6, 6.07) is 8.03. The summed E-state index contributed by atoms with van der Waals surface area (Å²) in [5.74, 6) is 0.151. The van der Waals surface area contributed by atoms with E-state index in [1.807, 2.05) is 31.2 Å². The quantitative estimate of drug-likeness (QED) is 0.567. The molecule has 0 atom stereocenters. The van der Waals surface area contributed by atoms with Crippen molar-refractivity contribution in [3.8, 4) is 0 Å². The van der Waals surface area contributed by atoms with Crippen molar-refractivity contribution in [3.63, 3.8) is 0 Å². The average molecular weight is 373 g/mol. The van der Waals surface area contributed by atoms with E-state index in [2.05, 4.69) is 10.3 Å². The number of aliphatic hydroxyl groups excluding tert-OH is 1. The summed E-state index contributed by atoms with van der Waals surface area (Å²) in [6.45, 7) is 2.71. The Bertz CT molecular complexity index is 846. The number of nitrogens with one attached hydrogen (secondary N) is 1. The van der Waals surface area contributed by atoms with E-state index < -0.39 is 0 Å². The Labute approximate surface area is 156 Å². The molecule has 6 nitrogen and oxygen atoms in total. The molecule has 1 aromatic carbocycles. The van der Waals surface area contributed by atoms with Gasteiger partial charge in [0.2, 0.25) is 5.91 Å². The van der Waals surface area contributed by atoms with Crippen LogP contribution in [0.1, 0.15) is 28.8 Å². The Morgan fingerprint density at radius 3 is 2.81 bits per heavy atom. The SMILES string of the molecule is Cc1ccc(CNC(=O)CSc2nc(=O)n(CCO)c3c2CCC3)cc1. The molecule has 0 fully saturated rings. The van der Waals surface area contributed by atoms with Crippen molar-refractivity contribution >= 4 is 17.7 Å². The molecule has 0 spiro atoms. The summed E-state index contributed by atoms with van der Waals surface area (Å²) in [5, 5.41) is 12.7. The van der Waals surface area contributed by atoms with Crippen LogP contribution in [0, 0.1) is 6.92 Å². The highest BCUT2D eigenvalue weighted by Crippen LogP contribution is 2.29. The van der Waals surface area contributed by atoms with Crippen molar-refractivity contribution in [2.24, 2.45) is 0 Å². The Morgan fingerprint density at radius 1 is 1.31 bits per heavy atom. The largest absolute Gasteiger partial charge is 0.395 e. The highest BCUT2D eigenvalue weighted by Gasteiger charge is 2.22. The van der Waals surface area contributed by atoms with Gasteiger partial charge in [-0.15, -0.1) is 0 Å². The Balaban J connectivity index is 1.62. The van der Waals surface area contributed by atoms with Gasteiger partial charge in [-0.3, -0.25) is 9.36 Å². The Hall–Kier alpha value is -2.12. The fraction of sp³-hybridized carbons (Fsp3) is 0.421. The van der Waals surface area contributed by atoms with E-state index in [-0.39, 0.29) is 30.5 Å². The van der Waals surface area contributed by atoms with E-state index in [1.165, 1.54) is 17.3 Å². The molecule has 138 valence electrons. The van der Waals surface area contributed by atoms with Crippen LogP contribution in [-0.2, 0) is 30.7 Å². The van der Waals surface area contributed by atoms with Crippen molar-refractivity contribution < 1.29 is 9.90 Å². The fourth-order valence-electron chi connectivity index (χ4n) is 3.13. The van der Waals surface area contributed by atoms with Gasteiger partial charge in [0.25, 0.3) is 0 Å². The van der Waals surface area contributed by atoms with Crippen LogP contribution >= 0.6 is 11.8 Å². The van der Waals surface area contributed by atoms with Gasteiger partial charge < -0.3 is 10.4 Å². The van der Waals surface area contributed by atoms with E-state index in [4.69, 9.17) is 5.11 Å². The number of rotatable bonds is 7. The number of fused-ring (bicyclic) bond motifs is 1. The highest BCUT2D eigenvalue weighted by molar-refractivity contribution is 7.99. The zero-order valence-electron chi connectivity index (χ0n) is 14.8. The molecule has 26 heavy (non-hydrogen) atoms. The van der Waals surface area contributed by atoms with E-state index in [0.717, 1.165) is 36.1 Å². The molecule has 1 aliphatic carbocycles. The molecule has 0 radical (unpaired) electrons. The molecule has 2 aromatic rings. The van der Waals surface area contributed by atoms with Crippen LogP contribution in [0.4, 0.5) is 0 Å². The smallest absolute Gasteiger partial charge is 0.348 e. The van der Waals surface area contributed by atoms with Crippen LogP contribution in [0.3, 0.4) is 0 Å². The van der Waals surface area contributed by atoms with Crippen LogP contribution in [0.2, 0.25) is 0 Å². The molecule has 3 rings (SSSR count). The van der Waals surface area contributed by atoms with Gasteiger partial charge in [0.05, 0.1) is 18.9 Å². The van der Waals surface area contributed by atoms with Crippen molar-refractivity contribution in [3.05, 3.63) is 57.1 Å². The minimum Gasteiger partial charge on any atom is -0.395 e. The standard InChI is InChI=1S/C19H23N3O3S/c1-13-5-7-14(8-6-13)11-20-17(24)12-26-18-15-3-2-4-16(15)22(9-10-23)19(25)21-18/h5-8,23H,2-4,9-12H2,1H3,(H,20,24). The zero-order valence-corrected chi connectivity index (χ0v) is 15.6. The second kappa shape index (κ2) is 8.51. The average Bonchev–Trinajstić information content (AvgIpc) is 3.12. The normalized spacial score (nSPS) is 12.8. The molecule has 1 amide bonds. The number of aromatic nitrogens is 2. The first-order valence-corrected chi connectivity index (χ1v) is 9.75. The maximum Gasteiger partial charge on any atom is 0.348 e. The summed E-state index contributed by atoms with van der Waals surface area (Å²) < 4.78 is 1.56. The lowest BCUT2D eigenvalue weighted by Gasteiger charge is -2.13. The Morgan fingerprint density at radius 2 is 2.08 bits per heavy atom. The van der Waals surface area contributed by atoms with E-state index in [0.29, 0.717) is 11.6 Å². The van der Waals surface area contributed by atoms with Crippen molar-refractivity contribution in [1.82, 2.24) is 14.9 Å². The maximum atomic E-state index is 12.2. The number of aryl methyl sites for hydroxylation is 1. The van der Waals surface area contributed by atoms with Crippen molar-refractivity contribution in [1.29, 1.82) is 0 Å². The van der Waals surface area contributed by atoms with Gasteiger partial charge in [-0.25, -0.2) is 4.79 Å². The van der Waals surface area contributed by atoms with Gasteiger partial charge >= 0.3 is 5.69 Å². The number of thioether (sulfide) groups is 1. The third kappa shape index (κ3) is 4.34. The van der Waals surface area contributed by atoms with Crippen molar-refractivity contribution in [2.45, 2.75) is 44.3 Å². The van der Waals surface area contributed by atoms with E-state index in [9.17, 15) is 9.59 Å². The number of benzene rings is 1. The highest BCUT2D eigenvalue weighted by atomic mass is 32.2. The molecule has 0 unspecified atom stereocenters. The minimum absolute atomic E-state index is 0.0799. The lowest BCUT2D eigenvalue weighted by atomic mass is 10.1. The summed E-state index contributed by atoms with van der Waals surface area (Å²) in [5.41, 5.74) is 3.91. The van der Waals surface area contributed by atoms with Crippen molar-refractivity contribution in [2.75, 3.05) is 12.4 Å². The van der Waals surface area contributed by atoms with Crippen LogP contribution in [0.25, 0.3) is 0 Å². The predicted molar refractivity (Wildman–Crippen MR) is 101 cm³/mol. The zero-order chi connectivity index (χ0) is 18.5. The van der Waals surface area contributed by atoms with Gasteiger partial charge in [-0.05, 0) is 31.7 Å². The number of aliphatic hydroxyl groups is 1. The van der Waals surface area contributed by atoms with Gasteiger partial charge in [0.15, 0.2) is 0 Å². The number of hydrogen-bond acceptors (Lipinski definition) is 5. The number of amides is 1. The van der Waals surface area contributed by atoms with Gasteiger partial charge in [0, 0.05) is 17.8 Å². The summed E-state index contributed by atoms with van der Waals surface area (Å²) in [4.78, 5) is 28.5. The van der Waals surface area contributed by atoms with E-state index in [1.54, 1.807) is 4.57 Å². The molecule has 0 bridgehead atoms. The second-order valence-corrected chi connectivity index (χ2v) is 7.37. The molecule has 0 saturated heterocycles. The van der Waals surface area contributed by atoms with E-state index >= 15 is 0 Å². The summed E-state index contributed by atoms with van der Waals surface area (Å²) in [7, 11) is 0. The number of hydrogen-bond donors (Lipinski definition) is 2. The number of nitrogens with zero attached hydrogens (tertiary/aromatic N) is 2. The second-order valence-electron chi connectivity index (χ2n) is 6.40. The lowest BCUT2D eigenvalue weighted by Crippen LogP contribution is -2.29. The van der Waals surface area contributed by atoms with Gasteiger partial charge in [-0.1, -0.05) is 41.6 Å². The molecule has 1 heterocycles. The maximum absolute atomic E-state index is 12.2. The third-order valence-corrected chi connectivity index (χ3v) is 5.49. The first-order valence-electron chi connectivity index (χ1n) is 8.77. The van der Waals surface area contributed by atoms with Crippen LogP contribution in [0.15, 0.2) is 34.1 Å². The molecular formula is C19H23N3O3S. The fourth-order valence-corrected chi connectivity index (χ4v) is 4.03. The van der Waals surface area contributed by atoms with Gasteiger partial charge in [0.1, 0.15) is 5.03 Å². The first-order chi connectivity index (χ1) is 12.6. The number of carbonyl (C=O) groups excluding carboxylic acids is 1. The van der Waals surface area contributed by atoms with Crippen LogP contribution in [-0.4, -0.2) is 32.9 Å². The lowest BCUT2D eigenvalue weighted by molar-refractivity contribution is -0.118.